The molecule has 0 bridgehead atoms. The fourth-order valence-corrected chi connectivity index (χ4v) is 3.89. The van der Waals surface area contributed by atoms with Gasteiger partial charge in [0, 0.05) is 6.54 Å². The van der Waals surface area contributed by atoms with E-state index in [0.29, 0.717) is 18.2 Å². The zero-order chi connectivity index (χ0) is 17.9. The maximum absolute atomic E-state index is 13.1. The van der Waals surface area contributed by atoms with Gasteiger partial charge in [-0.3, -0.25) is 0 Å². The fourth-order valence-electron chi connectivity index (χ4n) is 2.51. The smallest absolute Gasteiger partial charge is 0.243 e. The molecule has 0 saturated heterocycles. The van der Waals surface area contributed by atoms with Crippen molar-refractivity contribution in [3.8, 4) is 0 Å². The lowest BCUT2D eigenvalue weighted by Gasteiger charge is -2.22. The van der Waals surface area contributed by atoms with E-state index in [-0.39, 0.29) is 18.0 Å². The number of rotatable bonds is 6. The summed E-state index contributed by atoms with van der Waals surface area (Å²) < 4.78 is 33.0. The highest BCUT2D eigenvalue weighted by molar-refractivity contribution is 7.89. The van der Waals surface area contributed by atoms with Crippen molar-refractivity contribution in [2.45, 2.75) is 18.4 Å². The lowest BCUT2D eigenvalue weighted by atomic mass is 10.2. The molecule has 0 amide bonds. The van der Waals surface area contributed by atoms with Crippen LogP contribution in [0, 0.1) is 6.92 Å². The predicted molar refractivity (Wildman–Crippen MR) is 97.7 cm³/mol. The molecule has 25 heavy (non-hydrogen) atoms. The Balaban J connectivity index is 1.91. The van der Waals surface area contributed by atoms with E-state index < -0.39 is 10.0 Å². The van der Waals surface area contributed by atoms with E-state index >= 15 is 0 Å². The van der Waals surface area contributed by atoms with E-state index in [0.717, 1.165) is 11.1 Å². The van der Waals surface area contributed by atoms with Crippen LogP contribution >= 0.6 is 0 Å². The molecule has 1 heterocycles. The van der Waals surface area contributed by atoms with Gasteiger partial charge in [0.25, 0.3) is 0 Å². The summed E-state index contributed by atoms with van der Waals surface area (Å²) in [6.07, 6.45) is 0. The van der Waals surface area contributed by atoms with Gasteiger partial charge >= 0.3 is 0 Å². The van der Waals surface area contributed by atoms with Gasteiger partial charge in [-0.05, 0) is 24.6 Å². The van der Waals surface area contributed by atoms with Crippen LogP contribution in [0.1, 0.15) is 11.1 Å². The summed E-state index contributed by atoms with van der Waals surface area (Å²) in [7, 11) is -3.68. The lowest BCUT2D eigenvalue weighted by Crippen LogP contribution is -2.35. The van der Waals surface area contributed by atoms with Crippen molar-refractivity contribution < 1.29 is 13.2 Å². The number of aliphatic imine (C=N–C) groups is 1. The molecular formula is C19H20N2O3S. The van der Waals surface area contributed by atoms with E-state index in [1.54, 1.807) is 24.3 Å². The minimum absolute atomic E-state index is 0.0735. The number of aryl methyl sites for hydroxylation is 1. The molecule has 0 atom stereocenters. The molecule has 130 valence electrons. The molecule has 6 heteroatoms. The van der Waals surface area contributed by atoms with Crippen LogP contribution in [0.4, 0.5) is 0 Å². The van der Waals surface area contributed by atoms with Gasteiger partial charge in [-0.1, -0.05) is 54.6 Å². The SMILES string of the molecule is C=C1CN=C(CN(Cc2ccccc2)S(=O)(=O)c2ccc(C)cc2)O1. The first-order valence-corrected chi connectivity index (χ1v) is 9.39. The summed E-state index contributed by atoms with van der Waals surface area (Å²) in [5.74, 6) is 0.902. The second-order valence-electron chi connectivity index (χ2n) is 5.92. The first-order chi connectivity index (χ1) is 11.9. The van der Waals surface area contributed by atoms with Crippen LogP contribution in [0.2, 0.25) is 0 Å². The quantitative estimate of drug-likeness (QED) is 0.799. The third-order valence-electron chi connectivity index (χ3n) is 3.87. The maximum Gasteiger partial charge on any atom is 0.243 e. The monoisotopic (exact) mass is 356 g/mol. The van der Waals surface area contributed by atoms with Crippen molar-refractivity contribution in [1.82, 2.24) is 4.31 Å². The Bertz CT molecular complexity index is 888. The van der Waals surface area contributed by atoms with Crippen molar-refractivity contribution in [3.05, 3.63) is 78.1 Å². The van der Waals surface area contributed by atoms with E-state index in [9.17, 15) is 8.42 Å². The van der Waals surface area contributed by atoms with Gasteiger partial charge in [-0.15, -0.1) is 0 Å². The average Bonchev–Trinajstić information content (AvgIpc) is 3.01. The second-order valence-corrected chi connectivity index (χ2v) is 7.86. The number of sulfonamides is 1. The van der Waals surface area contributed by atoms with Gasteiger partial charge in [-0.25, -0.2) is 13.4 Å². The molecule has 0 fully saturated rings. The zero-order valence-electron chi connectivity index (χ0n) is 14.1. The van der Waals surface area contributed by atoms with E-state index in [4.69, 9.17) is 4.74 Å². The summed E-state index contributed by atoms with van der Waals surface area (Å²) in [5.41, 5.74) is 1.91. The van der Waals surface area contributed by atoms with Crippen molar-refractivity contribution >= 4 is 15.9 Å². The molecule has 5 nitrogen and oxygen atoms in total. The normalized spacial score (nSPS) is 14.5. The molecule has 0 unspecified atom stereocenters. The van der Waals surface area contributed by atoms with Crippen LogP contribution in [-0.4, -0.2) is 31.7 Å². The zero-order valence-corrected chi connectivity index (χ0v) is 14.9. The molecule has 0 saturated carbocycles. The first-order valence-electron chi connectivity index (χ1n) is 7.95. The fraction of sp³-hybridized carbons (Fsp3) is 0.211. The Morgan fingerprint density at radius 3 is 2.36 bits per heavy atom. The highest BCUT2D eigenvalue weighted by atomic mass is 32.2. The third-order valence-corrected chi connectivity index (χ3v) is 5.67. The number of hydrogen-bond donors (Lipinski definition) is 0. The molecule has 0 N–H and O–H groups in total. The highest BCUT2D eigenvalue weighted by Crippen LogP contribution is 2.20. The lowest BCUT2D eigenvalue weighted by molar-refractivity contribution is 0.386. The summed E-state index contributed by atoms with van der Waals surface area (Å²) in [5, 5.41) is 0. The molecule has 1 aliphatic rings. The summed E-state index contributed by atoms with van der Waals surface area (Å²) in [6.45, 7) is 6.33. The Morgan fingerprint density at radius 2 is 1.76 bits per heavy atom. The van der Waals surface area contributed by atoms with Crippen LogP contribution < -0.4 is 0 Å². The minimum atomic E-state index is -3.68. The molecular weight excluding hydrogens is 336 g/mol. The maximum atomic E-state index is 13.1. The molecule has 2 aromatic rings. The molecule has 0 spiro atoms. The van der Waals surface area contributed by atoms with Crippen molar-refractivity contribution in [2.75, 3.05) is 13.1 Å². The highest BCUT2D eigenvalue weighted by Gasteiger charge is 2.28. The van der Waals surface area contributed by atoms with Crippen LogP contribution in [0.5, 0.6) is 0 Å². The van der Waals surface area contributed by atoms with Crippen LogP contribution in [0.25, 0.3) is 0 Å². The second kappa shape index (κ2) is 7.21. The first kappa shape index (κ1) is 17.4. The van der Waals surface area contributed by atoms with Gasteiger partial charge in [0.2, 0.25) is 15.9 Å². The van der Waals surface area contributed by atoms with Crippen molar-refractivity contribution in [1.29, 1.82) is 0 Å². The standard InChI is InChI=1S/C19H20N2O3S/c1-15-8-10-18(11-9-15)25(22,23)21(13-17-6-4-3-5-7-17)14-19-20-12-16(2)24-19/h3-11H,2,12-14H2,1H3. The minimum Gasteiger partial charge on any atom is -0.445 e. The van der Waals surface area contributed by atoms with Crippen LogP contribution in [-0.2, 0) is 21.3 Å². The van der Waals surface area contributed by atoms with Crippen LogP contribution in [0.3, 0.4) is 0 Å². The predicted octanol–water partition coefficient (Wildman–Crippen LogP) is 3.13. The third kappa shape index (κ3) is 4.15. The topological polar surface area (TPSA) is 59.0 Å². The van der Waals surface area contributed by atoms with Crippen molar-refractivity contribution in [3.63, 3.8) is 0 Å². The molecule has 2 aromatic carbocycles. The summed E-state index contributed by atoms with van der Waals surface area (Å²) in [6, 6.07) is 16.3. The average molecular weight is 356 g/mol. The van der Waals surface area contributed by atoms with E-state index in [1.165, 1.54) is 4.31 Å². The number of hydrogen-bond acceptors (Lipinski definition) is 4. The number of benzene rings is 2. The molecule has 0 radical (unpaired) electrons. The molecule has 3 rings (SSSR count). The number of ether oxygens (including phenoxy) is 1. The van der Waals surface area contributed by atoms with Gasteiger partial charge in [0.15, 0.2) is 0 Å². The van der Waals surface area contributed by atoms with Gasteiger partial charge in [0.1, 0.15) is 12.3 Å². The van der Waals surface area contributed by atoms with Gasteiger partial charge in [0.05, 0.1) is 11.4 Å². The molecule has 0 aromatic heterocycles. The summed E-state index contributed by atoms with van der Waals surface area (Å²) >= 11 is 0. The number of nitrogens with zero attached hydrogens (tertiary/aromatic N) is 2. The van der Waals surface area contributed by atoms with Gasteiger partial charge in [-0.2, -0.15) is 4.31 Å². The Morgan fingerprint density at radius 1 is 1.08 bits per heavy atom. The molecule has 1 aliphatic heterocycles. The molecule has 0 aliphatic carbocycles. The van der Waals surface area contributed by atoms with E-state index in [1.807, 2.05) is 37.3 Å². The Hall–Kier alpha value is -2.44. The largest absolute Gasteiger partial charge is 0.445 e. The van der Waals surface area contributed by atoms with Crippen LogP contribution in [0.15, 0.2) is 76.8 Å². The van der Waals surface area contributed by atoms with Gasteiger partial charge < -0.3 is 4.74 Å². The van der Waals surface area contributed by atoms with E-state index in [2.05, 4.69) is 11.6 Å². The van der Waals surface area contributed by atoms with Crippen molar-refractivity contribution in [2.24, 2.45) is 4.99 Å². The Labute approximate surface area is 148 Å². The Kier molecular flexibility index (Phi) is 5.01. The summed E-state index contributed by atoms with van der Waals surface area (Å²) in [4.78, 5) is 4.46.